The summed E-state index contributed by atoms with van der Waals surface area (Å²) < 4.78 is 0.623. The summed E-state index contributed by atoms with van der Waals surface area (Å²) in [4.78, 5) is 36.7. The highest BCUT2D eigenvalue weighted by atomic mass is 79.9. The molecule has 1 heterocycles. The Labute approximate surface area is 130 Å². The van der Waals surface area contributed by atoms with Crippen LogP contribution >= 0.6 is 15.9 Å². The standard InChI is InChI=1S/C14H15BrN2O4/c1-8-2-3-10(15)9(6-8)14(21)17-5-4-16-13(20)11(17)7-12(18)19/h2-3,6,11H,4-5,7H2,1H3,(H,16,20)(H,18,19). The van der Waals surface area contributed by atoms with Gasteiger partial charge in [-0.2, -0.15) is 0 Å². The maximum Gasteiger partial charge on any atom is 0.305 e. The van der Waals surface area contributed by atoms with Crippen LogP contribution in [0.2, 0.25) is 0 Å². The summed E-state index contributed by atoms with van der Waals surface area (Å²) >= 11 is 3.32. The molecule has 1 aliphatic rings. The third-order valence-electron chi connectivity index (χ3n) is 3.31. The highest BCUT2D eigenvalue weighted by Crippen LogP contribution is 2.22. The van der Waals surface area contributed by atoms with Crippen LogP contribution in [-0.2, 0) is 9.59 Å². The van der Waals surface area contributed by atoms with E-state index >= 15 is 0 Å². The number of nitrogens with zero attached hydrogens (tertiary/aromatic N) is 1. The minimum Gasteiger partial charge on any atom is -0.481 e. The number of amides is 2. The zero-order valence-corrected chi connectivity index (χ0v) is 13.0. The molecule has 6 nitrogen and oxygen atoms in total. The Bertz CT molecular complexity index is 603. The first-order valence-electron chi connectivity index (χ1n) is 6.47. The van der Waals surface area contributed by atoms with Gasteiger partial charge in [0.25, 0.3) is 5.91 Å². The summed E-state index contributed by atoms with van der Waals surface area (Å²) in [5, 5.41) is 11.5. The number of hydrogen-bond acceptors (Lipinski definition) is 3. The number of aryl methyl sites for hydroxylation is 1. The Morgan fingerprint density at radius 2 is 2.19 bits per heavy atom. The quantitative estimate of drug-likeness (QED) is 0.852. The lowest BCUT2D eigenvalue weighted by molar-refractivity contribution is -0.142. The number of carboxylic acid groups (broad SMARTS) is 1. The Morgan fingerprint density at radius 3 is 2.86 bits per heavy atom. The minimum absolute atomic E-state index is 0.295. The first-order chi connectivity index (χ1) is 9.90. The molecule has 2 N–H and O–H groups in total. The van der Waals surface area contributed by atoms with Gasteiger partial charge in [-0.15, -0.1) is 0 Å². The number of piperazine rings is 1. The molecule has 2 rings (SSSR count). The van der Waals surface area contributed by atoms with Crippen molar-refractivity contribution < 1.29 is 19.5 Å². The van der Waals surface area contributed by atoms with E-state index in [0.29, 0.717) is 23.1 Å². The van der Waals surface area contributed by atoms with Gasteiger partial charge >= 0.3 is 5.97 Å². The van der Waals surface area contributed by atoms with Crippen molar-refractivity contribution in [3.63, 3.8) is 0 Å². The molecule has 1 atom stereocenters. The van der Waals surface area contributed by atoms with E-state index in [1.807, 2.05) is 13.0 Å². The second-order valence-corrected chi connectivity index (χ2v) is 5.74. The third-order valence-corrected chi connectivity index (χ3v) is 4.00. The van der Waals surface area contributed by atoms with Crippen molar-refractivity contribution in [3.8, 4) is 0 Å². The van der Waals surface area contributed by atoms with Crippen LogP contribution in [0.15, 0.2) is 22.7 Å². The molecule has 1 aromatic carbocycles. The zero-order valence-electron chi connectivity index (χ0n) is 11.4. The molecule has 0 radical (unpaired) electrons. The van der Waals surface area contributed by atoms with Crippen LogP contribution in [0.4, 0.5) is 0 Å². The smallest absolute Gasteiger partial charge is 0.305 e. The number of carbonyl (C=O) groups is 3. The van der Waals surface area contributed by atoms with E-state index in [4.69, 9.17) is 5.11 Å². The van der Waals surface area contributed by atoms with Crippen molar-refractivity contribution in [3.05, 3.63) is 33.8 Å². The molecule has 2 amide bonds. The molecule has 1 saturated heterocycles. The lowest BCUT2D eigenvalue weighted by Crippen LogP contribution is -2.57. The Morgan fingerprint density at radius 1 is 1.48 bits per heavy atom. The number of carbonyl (C=O) groups excluding carboxylic acids is 2. The molecule has 1 unspecified atom stereocenters. The van der Waals surface area contributed by atoms with Gasteiger partial charge in [0.15, 0.2) is 0 Å². The average molecular weight is 355 g/mol. The molecular formula is C14H15BrN2O4. The molecule has 1 fully saturated rings. The van der Waals surface area contributed by atoms with Gasteiger partial charge in [-0.1, -0.05) is 11.6 Å². The summed E-state index contributed by atoms with van der Waals surface area (Å²) in [5.41, 5.74) is 1.35. The topological polar surface area (TPSA) is 86.7 Å². The summed E-state index contributed by atoms with van der Waals surface area (Å²) in [5.74, 6) is -1.88. The van der Waals surface area contributed by atoms with Crippen molar-refractivity contribution in [1.29, 1.82) is 0 Å². The normalized spacial score (nSPS) is 18.3. The zero-order chi connectivity index (χ0) is 15.6. The Balaban J connectivity index is 2.32. The van der Waals surface area contributed by atoms with Crippen LogP contribution in [0.3, 0.4) is 0 Å². The SMILES string of the molecule is Cc1ccc(Br)c(C(=O)N2CCNC(=O)C2CC(=O)O)c1. The molecule has 1 aromatic rings. The molecule has 0 spiro atoms. The number of halogens is 1. The summed E-state index contributed by atoms with van der Waals surface area (Å²) in [6, 6.07) is 4.37. The molecule has 7 heteroatoms. The summed E-state index contributed by atoms with van der Waals surface area (Å²) in [6.45, 7) is 2.48. The van der Waals surface area contributed by atoms with E-state index in [2.05, 4.69) is 21.2 Å². The lowest BCUT2D eigenvalue weighted by Gasteiger charge is -2.34. The van der Waals surface area contributed by atoms with Gasteiger partial charge in [-0.3, -0.25) is 14.4 Å². The van der Waals surface area contributed by atoms with Crippen LogP contribution in [0.25, 0.3) is 0 Å². The third kappa shape index (κ3) is 3.41. The van der Waals surface area contributed by atoms with Crippen molar-refractivity contribution in [2.24, 2.45) is 0 Å². The summed E-state index contributed by atoms with van der Waals surface area (Å²) in [6.07, 6.45) is -0.402. The Hall–Kier alpha value is -1.89. The number of benzene rings is 1. The maximum atomic E-state index is 12.6. The molecule has 0 aliphatic carbocycles. The van der Waals surface area contributed by atoms with Crippen LogP contribution in [0, 0.1) is 6.92 Å². The van der Waals surface area contributed by atoms with Crippen molar-refractivity contribution in [1.82, 2.24) is 10.2 Å². The number of hydrogen-bond donors (Lipinski definition) is 2. The fourth-order valence-electron chi connectivity index (χ4n) is 2.28. The van der Waals surface area contributed by atoms with Gasteiger partial charge in [0, 0.05) is 17.6 Å². The van der Waals surface area contributed by atoms with Gasteiger partial charge in [0.05, 0.1) is 12.0 Å². The molecule has 0 bridgehead atoms. The van der Waals surface area contributed by atoms with E-state index in [0.717, 1.165) is 5.56 Å². The maximum absolute atomic E-state index is 12.6. The fraction of sp³-hybridized carbons (Fsp3) is 0.357. The van der Waals surface area contributed by atoms with Gasteiger partial charge in [-0.05, 0) is 35.0 Å². The molecule has 0 saturated carbocycles. The van der Waals surface area contributed by atoms with E-state index in [-0.39, 0.29) is 5.91 Å². The van der Waals surface area contributed by atoms with Gasteiger partial charge in [-0.25, -0.2) is 0 Å². The first-order valence-corrected chi connectivity index (χ1v) is 7.26. The predicted molar refractivity (Wildman–Crippen MR) is 79.0 cm³/mol. The number of rotatable bonds is 3. The number of nitrogens with one attached hydrogen (secondary N) is 1. The molecule has 1 aliphatic heterocycles. The highest BCUT2D eigenvalue weighted by Gasteiger charge is 2.35. The first kappa shape index (κ1) is 15.5. The molecule has 21 heavy (non-hydrogen) atoms. The molecule has 112 valence electrons. The minimum atomic E-state index is -1.11. The highest BCUT2D eigenvalue weighted by molar-refractivity contribution is 9.10. The average Bonchev–Trinajstić information content (AvgIpc) is 2.42. The molecule has 0 aromatic heterocycles. The van der Waals surface area contributed by atoms with E-state index in [1.165, 1.54) is 4.90 Å². The summed E-state index contributed by atoms with van der Waals surface area (Å²) in [7, 11) is 0. The van der Waals surface area contributed by atoms with E-state index < -0.39 is 24.3 Å². The van der Waals surface area contributed by atoms with Gasteiger partial charge < -0.3 is 15.3 Å². The lowest BCUT2D eigenvalue weighted by atomic mass is 10.1. The van der Waals surface area contributed by atoms with E-state index in [1.54, 1.807) is 12.1 Å². The van der Waals surface area contributed by atoms with Gasteiger partial charge in [0.1, 0.15) is 6.04 Å². The fourth-order valence-corrected chi connectivity index (χ4v) is 2.70. The van der Waals surface area contributed by atoms with Crippen LogP contribution in [0.5, 0.6) is 0 Å². The second kappa shape index (κ2) is 6.26. The Kier molecular flexibility index (Phi) is 4.62. The second-order valence-electron chi connectivity index (χ2n) is 4.89. The van der Waals surface area contributed by atoms with Crippen molar-refractivity contribution in [2.75, 3.05) is 13.1 Å². The largest absolute Gasteiger partial charge is 0.481 e. The van der Waals surface area contributed by atoms with Crippen LogP contribution < -0.4 is 5.32 Å². The number of aliphatic carboxylic acids is 1. The van der Waals surface area contributed by atoms with Crippen molar-refractivity contribution >= 4 is 33.7 Å². The van der Waals surface area contributed by atoms with Crippen LogP contribution in [-0.4, -0.2) is 46.9 Å². The van der Waals surface area contributed by atoms with Gasteiger partial charge in [0.2, 0.25) is 5.91 Å². The van der Waals surface area contributed by atoms with Crippen LogP contribution in [0.1, 0.15) is 22.3 Å². The monoisotopic (exact) mass is 354 g/mol. The number of carboxylic acids is 1. The van der Waals surface area contributed by atoms with E-state index in [9.17, 15) is 14.4 Å². The van der Waals surface area contributed by atoms with Crippen molar-refractivity contribution in [2.45, 2.75) is 19.4 Å². The molecular weight excluding hydrogens is 340 g/mol. The predicted octanol–water partition coefficient (Wildman–Crippen LogP) is 1.17.